The van der Waals surface area contributed by atoms with Gasteiger partial charge in [-0.05, 0) is 24.3 Å². The summed E-state index contributed by atoms with van der Waals surface area (Å²) in [5, 5.41) is 23.8. The molecule has 0 saturated heterocycles. The third-order valence-electron chi connectivity index (χ3n) is 5.92. The number of rotatable bonds is 6. The molecule has 0 aliphatic heterocycles. The van der Waals surface area contributed by atoms with Crippen LogP contribution in [0.2, 0.25) is 0 Å². The fourth-order valence-corrected chi connectivity index (χ4v) is 4.43. The van der Waals surface area contributed by atoms with Crippen molar-refractivity contribution < 1.29 is 24.3 Å². The van der Waals surface area contributed by atoms with Crippen LogP contribution < -0.4 is 0 Å². The van der Waals surface area contributed by atoms with E-state index in [1.807, 2.05) is 30.3 Å². The predicted molar refractivity (Wildman–Crippen MR) is 115 cm³/mol. The van der Waals surface area contributed by atoms with Gasteiger partial charge in [0.25, 0.3) is 0 Å². The summed E-state index contributed by atoms with van der Waals surface area (Å²) in [6, 6.07) is 9.90. The zero-order valence-corrected chi connectivity index (χ0v) is 17.3. The molecule has 7 nitrogen and oxygen atoms in total. The van der Waals surface area contributed by atoms with Gasteiger partial charge in [0.15, 0.2) is 11.6 Å². The molecule has 4 rings (SSSR count). The van der Waals surface area contributed by atoms with Gasteiger partial charge in [-0.1, -0.05) is 35.5 Å². The smallest absolute Gasteiger partial charge is 0.168 e. The second-order valence-electron chi connectivity index (χ2n) is 8.02. The molecule has 1 unspecified atom stereocenters. The van der Waals surface area contributed by atoms with Gasteiger partial charge < -0.3 is 14.7 Å². The van der Waals surface area contributed by atoms with Crippen molar-refractivity contribution in [3.05, 3.63) is 64.2 Å². The Bertz CT molecular complexity index is 1040. The molecule has 31 heavy (non-hydrogen) atoms. The van der Waals surface area contributed by atoms with Crippen molar-refractivity contribution in [2.45, 2.75) is 50.9 Å². The van der Waals surface area contributed by atoms with Crippen LogP contribution in [-0.2, 0) is 17.6 Å². The third kappa shape index (κ3) is 4.51. The molecular weight excluding hydrogens is 396 g/mol. The van der Waals surface area contributed by atoms with E-state index in [-0.39, 0.29) is 48.4 Å². The van der Waals surface area contributed by atoms with E-state index in [2.05, 4.69) is 10.1 Å². The maximum atomic E-state index is 12.8. The number of hydrogen-bond acceptors (Lipinski definition) is 7. The van der Waals surface area contributed by atoms with Gasteiger partial charge in [-0.25, -0.2) is 0 Å². The summed E-state index contributed by atoms with van der Waals surface area (Å²) >= 11 is 0. The lowest BCUT2D eigenvalue weighted by Crippen LogP contribution is -2.22. The van der Waals surface area contributed by atoms with Crippen molar-refractivity contribution in [3.8, 4) is 0 Å². The molecule has 2 aliphatic carbocycles. The number of aliphatic imine (C=N–C) groups is 1. The highest BCUT2D eigenvalue weighted by molar-refractivity contribution is 6.24. The van der Waals surface area contributed by atoms with Crippen LogP contribution in [0.3, 0.4) is 0 Å². The van der Waals surface area contributed by atoms with E-state index in [9.17, 15) is 14.7 Å². The first-order valence-corrected chi connectivity index (χ1v) is 10.7. The summed E-state index contributed by atoms with van der Waals surface area (Å²) in [6.07, 6.45) is 3.15. The lowest BCUT2D eigenvalue weighted by atomic mass is 9.81. The molecule has 7 heteroatoms. The third-order valence-corrected chi connectivity index (χ3v) is 5.92. The van der Waals surface area contributed by atoms with E-state index < -0.39 is 0 Å². The van der Waals surface area contributed by atoms with Gasteiger partial charge in [0.2, 0.25) is 0 Å². The van der Waals surface area contributed by atoms with Crippen LogP contribution in [0.15, 0.2) is 51.2 Å². The minimum Gasteiger partial charge on any atom is -0.511 e. The van der Waals surface area contributed by atoms with E-state index in [1.165, 1.54) is 0 Å². The lowest BCUT2D eigenvalue weighted by molar-refractivity contribution is -0.115. The number of fused-ring (bicyclic) bond motifs is 1. The van der Waals surface area contributed by atoms with E-state index >= 15 is 0 Å². The quantitative estimate of drug-likeness (QED) is 0.544. The SMILES string of the molecule is O=C1CCCC(=NCCO)/C1=C(\O)CCc1noc2c1C(=O)CC(c1ccccc1)C2. The molecule has 1 aromatic heterocycles. The summed E-state index contributed by atoms with van der Waals surface area (Å²) in [5.41, 5.74) is 2.96. The van der Waals surface area contributed by atoms with Crippen LogP contribution >= 0.6 is 0 Å². The molecule has 0 radical (unpaired) electrons. The first kappa shape index (κ1) is 21.2. The highest BCUT2D eigenvalue weighted by atomic mass is 16.5. The minimum absolute atomic E-state index is 0.00237. The lowest BCUT2D eigenvalue weighted by Gasteiger charge is -2.20. The number of nitrogens with zero attached hydrogens (tertiary/aromatic N) is 2. The largest absolute Gasteiger partial charge is 0.511 e. The number of aliphatic hydroxyl groups is 2. The molecule has 2 aliphatic rings. The van der Waals surface area contributed by atoms with Crippen molar-refractivity contribution in [2.24, 2.45) is 4.99 Å². The molecule has 1 saturated carbocycles. The number of aromatic nitrogens is 1. The number of aliphatic hydroxyl groups excluding tert-OH is 2. The van der Waals surface area contributed by atoms with E-state index in [1.54, 1.807) is 0 Å². The highest BCUT2D eigenvalue weighted by Crippen LogP contribution is 2.35. The van der Waals surface area contributed by atoms with Crippen LogP contribution in [0.4, 0.5) is 0 Å². The Kier molecular flexibility index (Phi) is 6.42. The normalized spacial score (nSPS) is 22.0. The van der Waals surface area contributed by atoms with Crippen molar-refractivity contribution in [3.63, 3.8) is 0 Å². The molecule has 0 bridgehead atoms. The second kappa shape index (κ2) is 9.39. The average molecular weight is 422 g/mol. The Morgan fingerprint density at radius 2 is 1.94 bits per heavy atom. The summed E-state index contributed by atoms with van der Waals surface area (Å²) in [5.74, 6) is 0.485. The summed E-state index contributed by atoms with van der Waals surface area (Å²) < 4.78 is 5.50. The number of hydrogen-bond donors (Lipinski definition) is 2. The second-order valence-corrected chi connectivity index (χ2v) is 8.02. The van der Waals surface area contributed by atoms with Crippen LogP contribution in [0.25, 0.3) is 0 Å². The number of carbonyl (C=O) groups excluding carboxylic acids is 2. The van der Waals surface area contributed by atoms with Gasteiger partial charge in [0.1, 0.15) is 11.5 Å². The fraction of sp³-hybridized carbons (Fsp3) is 0.417. The van der Waals surface area contributed by atoms with Crippen LogP contribution in [-0.4, -0.2) is 45.8 Å². The molecule has 2 N–H and O–H groups in total. The van der Waals surface area contributed by atoms with Crippen molar-refractivity contribution in [2.75, 3.05) is 13.2 Å². The van der Waals surface area contributed by atoms with Crippen molar-refractivity contribution in [1.82, 2.24) is 5.16 Å². The van der Waals surface area contributed by atoms with Crippen LogP contribution in [0.1, 0.15) is 65.4 Å². The molecule has 162 valence electrons. The summed E-state index contributed by atoms with van der Waals surface area (Å²) in [7, 11) is 0. The van der Waals surface area contributed by atoms with Crippen molar-refractivity contribution in [1.29, 1.82) is 0 Å². The molecular formula is C24H26N2O5. The van der Waals surface area contributed by atoms with Gasteiger partial charge in [0, 0.05) is 37.8 Å². The molecule has 1 fully saturated rings. The van der Waals surface area contributed by atoms with E-state index in [4.69, 9.17) is 9.63 Å². The highest BCUT2D eigenvalue weighted by Gasteiger charge is 2.33. The van der Waals surface area contributed by atoms with E-state index in [0.29, 0.717) is 61.3 Å². The first-order chi connectivity index (χ1) is 15.1. The number of Topliss-reactive ketones (excluding diaryl/α,β-unsaturated/α-hetero) is 2. The number of allylic oxidation sites excluding steroid dienone is 2. The zero-order valence-electron chi connectivity index (χ0n) is 17.3. The molecule has 2 aromatic rings. The summed E-state index contributed by atoms with van der Waals surface area (Å²) in [4.78, 5) is 29.5. The standard InChI is InChI=1S/C24H26N2O5/c27-12-11-25-17-7-4-8-19(28)23(17)20(29)10-9-18-24-21(30)13-16(14-22(24)31-26-18)15-5-2-1-3-6-15/h1-3,5-6,16,27,29H,4,7-14H2/b23-20+,25-17?. The molecule has 0 spiro atoms. The van der Waals surface area contributed by atoms with E-state index in [0.717, 1.165) is 5.56 Å². The number of ketones is 2. The Morgan fingerprint density at radius 1 is 1.13 bits per heavy atom. The Labute approximate surface area is 180 Å². The average Bonchev–Trinajstić information content (AvgIpc) is 3.20. The monoisotopic (exact) mass is 422 g/mol. The number of benzene rings is 1. The van der Waals surface area contributed by atoms with Gasteiger partial charge in [-0.2, -0.15) is 0 Å². The maximum Gasteiger partial charge on any atom is 0.168 e. The van der Waals surface area contributed by atoms with Crippen LogP contribution in [0, 0.1) is 0 Å². The summed E-state index contributed by atoms with van der Waals surface area (Å²) in [6.45, 7) is 0.0934. The zero-order chi connectivity index (χ0) is 21.8. The topological polar surface area (TPSA) is 113 Å². The Morgan fingerprint density at radius 3 is 2.71 bits per heavy atom. The minimum atomic E-state index is -0.135. The van der Waals surface area contributed by atoms with Crippen molar-refractivity contribution >= 4 is 17.3 Å². The number of aryl methyl sites for hydroxylation is 1. The van der Waals surface area contributed by atoms with Gasteiger partial charge >= 0.3 is 0 Å². The molecule has 0 amide bonds. The molecule has 1 aromatic carbocycles. The van der Waals surface area contributed by atoms with Crippen LogP contribution in [0.5, 0.6) is 0 Å². The Balaban J connectivity index is 1.51. The van der Waals surface area contributed by atoms with Gasteiger partial charge in [-0.15, -0.1) is 0 Å². The van der Waals surface area contributed by atoms with Gasteiger partial charge in [-0.3, -0.25) is 14.6 Å². The first-order valence-electron chi connectivity index (χ1n) is 10.7. The maximum absolute atomic E-state index is 12.8. The number of carbonyl (C=O) groups is 2. The Hall–Kier alpha value is -3.06. The van der Waals surface area contributed by atoms with Gasteiger partial charge in [0.05, 0.1) is 30.0 Å². The molecule has 1 atom stereocenters. The molecule has 1 heterocycles. The predicted octanol–water partition coefficient (Wildman–Crippen LogP) is 3.52. The fourth-order valence-electron chi connectivity index (χ4n) is 4.43.